The van der Waals surface area contributed by atoms with Gasteiger partial charge in [0.15, 0.2) is 12.6 Å². The average Bonchev–Trinajstić information content (AvgIpc) is 3.05. The van der Waals surface area contributed by atoms with Crippen LogP contribution in [0.4, 0.5) is 0 Å². The topological polar surface area (TPSA) is 373 Å². The predicted octanol–water partition coefficient (Wildman–Crippen LogP) is -6.89. The molecule has 0 saturated carbocycles. The maximum Gasteiger partial charge on any atom is 0.364 e. The van der Waals surface area contributed by atoms with Crippen LogP contribution < -0.4 is 5.32 Å². The third-order valence-electron chi connectivity index (χ3n) is 7.98. The van der Waals surface area contributed by atoms with Gasteiger partial charge in [-0.2, -0.15) is 0 Å². The van der Waals surface area contributed by atoms with Crippen molar-refractivity contribution < 1.29 is 94.2 Å². The summed E-state index contributed by atoms with van der Waals surface area (Å²) >= 11 is 0. The zero-order valence-corrected chi connectivity index (χ0v) is 25.4. The van der Waals surface area contributed by atoms with Gasteiger partial charge in [0.05, 0.1) is 38.6 Å². The summed E-state index contributed by atoms with van der Waals surface area (Å²) in [6.07, 6.45) is -26.5. The van der Waals surface area contributed by atoms with Gasteiger partial charge in [-0.25, -0.2) is 4.79 Å². The number of azide groups is 1. The Morgan fingerprint density at radius 3 is 2.23 bits per heavy atom. The molecule has 0 aromatic rings. The van der Waals surface area contributed by atoms with E-state index < -0.39 is 136 Å². The van der Waals surface area contributed by atoms with Crippen LogP contribution in [0.15, 0.2) is 5.11 Å². The first-order valence-corrected chi connectivity index (χ1v) is 14.7. The van der Waals surface area contributed by atoms with E-state index in [4.69, 9.17) is 34.0 Å². The van der Waals surface area contributed by atoms with E-state index in [1.165, 1.54) is 0 Å². The molecule has 3 aliphatic heterocycles. The van der Waals surface area contributed by atoms with Crippen molar-refractivity contribution in [3.8, 4) is 0 Å². The highest BCUT2D eigenvalue weighted by Gasteiger charge is 2.57. The molecule has 0 radical (unpaired) electrons. The molecule has 0 aliphatic carbocycles. The molecule has 23 heteroatoms. The van der Waals surface area contributed by atoms with E-state index in [0.717, 1.165) is 6.92 Å². The summed E-state index contributed by atoms with van der Waals surface area (Å²) in [7, 11) is 0. The van der Waals surface area contributed by atoms with E-state index >= 15 is 0 Å². The maximum atomic E-state index is 12.4. The van der Waals surface area contributed by atoms with Crippen molar-refractivity contribution in [3.63, 3.8) is 0 Å². The third kappa shape index (κ3) is 9.04. The van der Waals surface area contributed by atoms with Crippen LogP contribution in [-0.2, 0) is 38.0 Å². The quantitative estimate of drug-likeness (QED) is 0.0326. The Balaban J connectivity index is 1.78. The van der Waals surface area contributed by atoms with E-state index in [2.05, 4.69) is 15.3 Å². The fourth-order valence-electron chi connectivity index (χ4n) is 5.43. The summed E-state index contributed by atoms with van der Waals surface area (Å²) in [5.41, 5.74) is 8.36. The number of ether oxygens (including phenoxy) is 6. The third-order valence-corrected chi connectivity index (χ3v) is 7.98. The lowest BCUT2D eigenvalue weighted by Crippen LogP contribution is -2.68. The molecule has 12 N–H and O–H groups in total. The molecule has 23 nitrogen and oxygen atoms in total. The fourth-order valence-corrected chi connectivity index (χ4v) is 5.43. The summed E-state index contributed by atoms with van der Waals surface area (Å²) in [4.78, 5) is 26.7. The summed E-state index contributed by atoms with van der Waals surface area (Å²) < 4.78 is 32.7. The van der Waals surface area contributed by atoms with Crippen LogP contribution >= 0.6 is 0 Å². The van der Waals surface area contributed by atoms with E-state index in [-0.39, 0.29) is 13.2 Å². The summed E-state index contributed by atoms with van der Waals surface area (Å²) in [6, 6.07) is -1.49. The van der Waals surface area contributed by atoms with E-state index in [9.17, 15) is 65.8 Å². The first-order valence-electron chi connectivity index (χ1n) is 14.7. The summed E-state index contributed by atoms with van der Waals surface area (Å²) in [6.45, 7) is -2.15. The fraction of sp³-hybridized carbons (Fsp3) is 0.920. The molecule has 0 unspecified atom stereocenters. The zero-order valence-electron chi connectivity index (χ0n) is 25.4. The molecule has 3 aliphatic rings. The van der Waals surface area contributed by atoms with Crippen molar-refractivity contribution in [1.82, 2.24) is 5.32 Å². The molecule has 0 bridgehead atoms. The molecule has 0 spiro atoms. The summed E-state index contributed by atoms with van der Waals surface area (Å²) in [5, 5.41) is 119. The van der Waals surface area contributed by atoms with Crippen molar-refractivity contribution in [1.29, 1.82) is 0 Å². The molecule has 3 rings (SSSR count). The average molecular weight is 703 g/mol. The number of nitrogens with one attached hydrogen (secondary N) is 1. The monoisotopic (exact) mass is 702 g/mol. The number of carboxylic acid groups (broad SMARTS) is 1. The van der Waals surface area contributed by atoms with Crippen LogP contribution in [0, 0.1) is 0 Å². The normalized spacial score (nSPS) is 41.5. The molecule has 276 valence electrons. The van der Waals surface area contributed by atoms with Crippen molar-refractivity contribution in [2.75, 3.05) is 33.0 Å². The van der Waals surface area contributed by atoms with Crippen LogP contribution in [0.5, 0.6) is 0 Å². The number of nitrogens with zero attached hydrogens (tertiary/aromatic N) is 3. The zero-order chi connectivity index (χ0) is 35.9. The number of aliphatic hydroxyl groups is 10. The summed E-state index contributed by atoms with van der Waals surface area (Å²) in [5.74, 6) is -5.45. The molecular weight excluding hydrogens is 660 g/mol. The molecule has 1 amide bonds. The number of rotatable bonds is 15. The Bertz CT molecular complexity index is 1120. The molecule has 48 heavy (non-hydrogen) atoms. The molecule has 0 aromatic carbocycles. The molecule has 16 atom stereocenters. The van der Waals surface area contributed by atoms with Gasteiger partial charge < -0.3 is 89.9 Å². The highest BCUT2D eigenvalue weighted by atomic mass is 16.8. The molecular formula is C25H42N4O19. The maximum absolute atomic E-state index is 12.4. The van der Waals surface area contributed by atoms with Gasteiger partial charge in [-0.15, -0.1) is 0 Å². The Hall–Kier alpha value is -2.39. The van der Waals surface area contributed by atoms with E-state index in [0.29, 0.717) is 0 Å². The minimum absolute atomic E-state index is 0.149. The lowest BCUT2D eigenvalue weighted by molar-refractivity contribution is -0.367. The van der Waals surface area contributed by atoms with Crippen LogP contribution in [0.25, 0.3) is 10.4 Å². The van der Waals surface area contributed by atoms with Crippen molar-refractivity contribution in [2.45, 2.75) is 111 Å². The Morgan fingerprint density at radius 2 is 1.65 bits per heavy atom. The standard InChI is InChI=1S/C25H42N4O19/c1-8(32)28-13-9(33)4-25(24(41)42,48-21(13)14(35)10(34)5-30)44-7-12-15(36)16(37)18(39)23(46-12)47-20-11(6-31)45-22(19(40)17(20)38)43-3-2-27-29-26/h9-23,30-31,33-40H,2-7H2,1H3,(H,28,32)(H,41,42)/t9-,10+,11+,12+,13+,14+,15-,16-,17+,18+,19+,20+,21+,22+,23-,25+/m0/s1. The number of hydrogen-bond donors (Lipinski definition) is 12. The first kappa shape index (κ1) is 40.0. The number of carbonyl (C=O) groups excluding carboxylic acids is 1. The minimum atomic E-state index is -2.84. The van der Waals surface area contributed by atoms with Crippen molar-refractivity contribution in [3.05, 3.63) is 10.4 Å². The SMILES string of the molecule is CC(=O)N[C@H]1[C@H]([C@H](O)[C@H](O)CO)O[C@@](OC[C@H]2O[C@@H](O[C@H]3[C@H](O)[C@@H](O)[C@H](OCCN=[N+]=[N-])O[C@@H]3CO)[C@H](O)[C@@H](O)[C@H]2O)(C(=O)O)C[C@@H]1O. The van der Waals surface area contributed by atoms with Gasteiger partial charge >= 0.3 is 5.97 Å². The highest BCUT2D eigenvalue weighted by Crippen LogP contribution is 2.35. The molecule has 3 saturated heterocycles. The second kappa shape index (κ2) is 17.5. The number of amides is 1. The van der Waals surface area contributed by atoms with Crippen LogP contribution in [0.1, 0.15) is 13.3 Å². The van der Waals surface area contributed by atoms with Gasteiger partial charge in [-0.05, 0) is 5.53 Å². The number of aliphatic hydroxyl groups excluding tert-OH is 10. The van der Waals surface area contributed by atoms with Crippen molar-refractivity contribution >= 4 is 11.9 Å². The van der Waals surface area contributed by atoms with E-state index in [1.807, 2.05) is 0 Å². The lowest BCUT2D eigenvalue weighted by atomic mass is 9.88. The van der Waals surface area contributed by atoms with Gasteiger partial charge in [0, 0.05) is 24.8 Å². The largest absolute Gasteiger partial charge is 0.477 e. The van der Waals surface area contributed by atoms with Gasteiger partial charge in [0.2, 0.25) is 5.91 Å². The molecule has 3 heterocycles. The lowest BCUT2D eigenvalue weighted by Gasteiger charge is -2.48. The number of aliphatic carboxylic acids is 1. The van der Waals surface area contributed by atoms with Gasteiger partial charge in [-0.1, -0.05) is 5.11 Å². The van der Waals surface area contributed by atoms with Crippen LogP contribution in [0.2, 0.25) is 0 Å². The Labute approximate surface area is 271 Å². The number of hydrogen-bond acceptors (Lipinski definition) is 19. The van der Waals surface area contributed by atoms with Gasteiger partial charge in [0.1, 0.15) is 67.1 Å². The van der Waals surface area contributed by atoms with Crippen LogP contribution in [-0.4, -0.2) is 199 Å². The molecule has 0 aromatic heterocycles. The minimum Gasteiger partial charge on any atom is -0.477 e. The Morgan fingerprint density at radius 1 is 1.00 bits per heavy atom. The van der Waals surface area contributed by atoms with Gasteiger partial charge in [0.25, 0.3) is 5.79 Å². The smallest absolute Gasteiger partial charge is 0.364 e. The van der Waals surface area contributed by atoms with Crippen LogP contribution in [0.3, 0.4) is 0 Å². The first-order chi connectivity index (χ1) is 22.6. The Kier molecular flexibility index (Phi) is 14.6. The van der Waals surface area contributed by atoms with Gasteiger partial charge in [-0.3, -0.25) is 4.79 Å². The molecule has 3 fully saturated rings. The highest BCUT2D eigenvalue weighted by molar-refractivity contribution is 5.76. The van der Waals surface area contributed by atoms with E-state index in [1.54, 1.807) is 0 Å². The predicted molar refractivity (Wildman–Crippen MR) is 148 cm³/mol. The second-order valence-electron chi connectivity index (χ2n) is 11.3. The second-order valence-corrected chi connectivity index (χ2v) is 11.3. The number of carboxylic acids is 1. The van der Waals surface area contributed by atoms with Crippen molar-refractivity contribution in [2.24, 2.45) is 5.11 Å². The number of carbonyl (C=O) groups is 2.